The van der Waals surface area contributed by atoms with Gasteiger partial charge in [-0.2, -0.15) is 13.2 Å². The van der Waals surface area contributed by atoms with E-state index in [9.17, 15) is 32.8 Å². The molecule has 2 atom stereocenters. The Labute approximate surface area is 184 Å². The largest absolute Gasteiger partial charge is 0.493 e. The minimum Gasteiger partial charge on any atom is -0.335 e. The Hall–Kier alpha value is -2.66. The van der Waals surface area contributed by atoms with Gasteiger partial charge in [0.05, 0.1) is 0 Å². The minimum atomic E-state index is -5.34. The highest BCUT2D eigenvalue weighted by molar-refractivity contribution is 5.93. The van der Waals surface area contributed by atoms with Crippen LogP contribution < -0.4 is 0 Å². The van der Waals surface area contributed by atoms with Gasteiger partial charge < -0.3 is 9.74 Å². The molecule has 0 saturated carbocycles. The maximum Gasteiger partial charge on any atom is 0.493 e. The van der Waals surface area contributed by atoms with Crippen molar-refractivity contribution in [1.29, 1.82) is 0 Å². The fourth-order valence-corrected chi connectivity index (χ4v) is 3.80. The molecule has 8 nitrogen and oxygen atoms in total. The smallest absolute Gasteiger partial charge is 0.335 e. The van der Waals surface area contributed by atoms with E-state index in [1.807, 2.05) is 32.6 Å². The fourth-order valence-electron chi connectivity index (χ4n) is 3.80. The monoisotopic (exact) mass is 459 g/mol. The molecule has 0 radical (unpaired) electrons. The average molecular weight is 459 g/mol. The Morgan fingerprint density at radius 1 is 1.12 bits per heavy atom. The molecule has 1 heterocycles. The molecular weight excluding hydrogens is 431 g/mol. The summed E-state index contributed by atoms with van der Waals surface area (Å²) in [6.07, 6.45) is -4.84. The van der Waals surface area contributed by atoms with E-state index in [4.69, 9.17) is 0 Å². The number of benzene rings is 1. The van der Waals surface area contributed by atoms with Gasteiger partial charge >= 0.3 is 18.1 Å². The van der Waals surface area contributed by atoms with E-state index in [0.29, 0.717) is 26.1 Å². The zero-order valence-corrected chi connectivity index (χ0v) is 18.4. The van der Waals surface area contributed by atoms with E-state index in [1.54, 1.807) is 12.1 Å². The van der Waals surface area contributed by atoms with Crippen molar-refractivity contribution < 1.29 is 37.6 Å². The van der Waals surface area contributed by atoms with Crippen molar-refractivity contribution in [2.45, 2.75) is 58.9 Å². The van der Waals surface area contributed by atoms with Crippen LogP contribution in [0.25, 0.3) is 0 Å². The predicted molar refractivity (Wildman–Crippen MR) is 107 cm³/mol. The Morgan fingerprint density at radius 3 is 2.12 bits per heavy atom. The minimum absolute atomic E-state index is 0.0390. The van der Waals surface area contributed by atoms with Crippen molar-refractivity contribution in [3.05, 3.63) is 35.4 Å². The summed E-state index contributed by atoms with van der Waals surface area (Å²) in [5, 5.41) is 8.58. The van der Waals surface area contributed by atoms with Crippen LogP contribution in [0.5, 0.6) is 0 Å². The molecular formula is C21H28F3N3O5. The number of hydrogen-bond acceptors (Lipinski definition) is 6. The summed E-state index contributed by atoms with van der Waals surface area (Å²) in [6.45, 7) is 9.91. The van der Waals surface area contributed by atoms with Gasteiger partial charge in [0.2, 0.25) is 5.91 Å². The molecule has 1 aromatic rings. The third kappa shape index (κ3) is 6.67. The number of halogens is 3. The van der Waals surface area contributed by atoms with Gasteiger partial charge in [0.1, 0.15) is 0 Å². The molecule has 2 rings (SSSR count). The standard InChI is InChI=1S/C21H28F3N3O5/c1-13(2)9-18(28)26-14(3)10-25(11-15(26)4)12-16-5-7-17(8-6-16)19(29)27(31)32-20(30)21(22,23)24/h5-8,13-15,31H,9-12H2,1-4H3/t14-,15+. The van der Waals surface area contributed by atoms with Crippen LogP contribution in [0.2, 0.25) is 0 Å². The zero-order valence-electron chi connectivity index (χ0n) is 18.4. The molecule has 32 heavy (non-hydrogen) atoms. The van der Waals surface area contributed by atoms with Crippen LogP contribution in [0.1, 0.15) is 50.0 Å². The van der Waals surface area contributed by atoms with E-state index in [2.05, 4.69) is 9.74 Å². The number of piperazine rings is 1. The van der Waals surface area contributed by atoms with Crippen molar-refractivity contribution >= 4 is 17.8 Å². The molecule has 1 fully saturated rings. The van der Waals surface area contributed by atoms with Gasteiger partial charge in [-0.1, -0.05) is 26.0 Å². The number of hydrogen-bond donors (Lipinski definition) is 1. The third-order valence-corrected chi connectivity index (χ3v) is 5.05. The van der Waals surface area contributed by atoms with Gasteiger partial charge in [-0.3, -0.25) is 19.7 Å². The zero-order chi connectivity index (χ0) is 24.2. The first-order chi connectivity index (χ1) is 14.8. The van der Waals surface area contributed by atoms with Gasteiger partial charge in [-0.25, -0.2) is 4.79 Å². The number of alkyl halides is 3. The first-order valence-electron chi connectivity index (χ1n) is 10.2. The molecule has 1 aliphatic heterocycles. The van der Waals surface area contributed by atoms with Crippen LogP contribution in [-0.4, -0.2) is 69.4 Å². The lowest BCUT2D eigenvalue weighted by molar-refractivity contribution is -0.301. The van der Waals surface area contributed by atoms with Crippen LogP contribution in [0.4, 0.5) is 13.2 Å². The van der Waals surface area contributed by atoms with Crippen LogP contribution in [-0.2, 0) is 21.0 Å². The summed E-state index contributed by atoms with van der Waals surface area (Å²) < 4.78 is 36.5. The summed E-state index contributed by atoms with van der Waals surface area (Å²) in [6, 6.07) is 5.90. The lowest BCUT2D eigenvalue weighted by Crippen LogP contribution is -2.58. The molecule has 1 aliphatic rings. The highest BCUT2D eigenvalue weighted by Gasteiger charge is 2.43. The number of hydroxylamine groups is 2. The molecule has 178 valence electrons. The fraction of sp³-hybridized carbons (Fsp3) is 0.571. The Kier molecular flexibility index (Phi) is 8.24. The lowest BCUT2D eigenvalue weighted by Gasteiger charge is -2.45. The number of nitrogens with zero attached hydrogens (tertiary/aromatic N) is 3. The number of carbonyl (C=O) groups excluding carboxylic acids is 3. The molecule has 0 bridgehead atoms. The van der Waals surface area contributed by atoms with Gasteiger partial charge in [0, 0.05) is 43.7 Å². The van der Waals surface area contributed by atoms with Gasteiger partial charge in [0.25, 0.3) is 0 Å². The quantitative estimate of drug-likeness (QED) is 0.538. The van der Waals surface area contributed by atoms with Crippen molar-refractivity contribution in [2.24, 2.45) is 5.92 Å². The molecule has 1 saturated heterocycles. The Bertz CT molecular complexity index is 817. The van der Waals surface area contributed by atoms with Crippen molar-refractivity contribution in [1.82, 2.24) is 15.0 Å². The lowest BCUT2D eigenvalue weighted by atomic mass is 10.0. The summed E-state index contributed by atoms with van der Waals surface area (Å²) in [5.74, 6) is -3.59. The maximum absolute atomic E-state index is 12.5. The second kappa shape index (κ2) is 10.3. The third-order valence-electron chi connectivity index (χ3n) is 5.05. The van der Waals surface area contributed by atoms with Crippen molar-refractivity contribution in [2.75, 3.05) is 13.1 Å². The Morgan fingerprint density at radius 2 is 1.66 bits per heavy atom. The van der Waals surface area contributed by atoms with Crippen LogP contribution >= 0.6 is 0 Å². The van der Waals surface area contributed by atoms with E-state index in [0.717, 1.165) is 5.56 Å². The molecule has 0 unspecified atom stereocenters. The molecule has 2 amide bonds. The maximum atomic E-state index is 12.5. The molecule has 11 heteroatoms. The topological polar surface area (TPSA) is 90.4 Å². The number of rotatable bonds is 5. The highest BCUT2D eigenvalue weighted by Crippen LogP contribution is 2.21. The number of amides is 2. The second-order valence-electron chi connectivity index (χ2n) is 8.44. The predicted octanol–water partition coefficient (Wildman–Crippen LogP) is 3.01. The molecule has 0 aromatic heterocycles. The average Bonchev–Trinajstić information content (AvgIpc) is 2.66. The first-order valence-corrected chi connectivity index (χ1v) is 10.2. The van der Waals surface area contributed by atoms with Crippen molar-refractivity contribution in [3.8, 4) is 0 Å². The normalized spacial score (nSPS) is 19.7. The Balaban J connectivity index is 1.96. The molecule has 0 spiro atoms. The van der Waals surface area contributed by atoms with Crippen LogP contribution in [0.3, 0.4) is 0 Å². The van der Waals surface area contributed by atoms with Crippen LogP contribution in [0.15, 0.2) is 24.3 Å². The van der Waals surface area contributed by atoms with E-state index in [-0.39, 0.29) is 29.5 Å². The summed E-state index contributed by atoms with van der Waals surface area (Å²) in [5.41, 5.74) is 0.678. The van der Waals surface area contributed by atoms with E-state index < -0.39 is 23.3 Å². The summed E-state index contributed by atoms with van der Waals surface area (Å²) in [4.78, 5) is 42.9. The van der Waals surface area contributed by atoms with Crippen LogP contribution in [0, 0.1) is 5.92 Å². The van der Waals surface area contributed by atoms with Crippen molar-refractivity contribution in [3.63, 3.8) is 0 Å². The van der Waals surface area contributed by atoms with E-state index >= 15 is 0 Å². The van der Waals surface area contributed by atoms with E-state index in [1.165, 1.54) is 12.1 Å². The SMILES string of the molecule is CC(C)CC(=O)N1[C@H](C)CN(Cc2ccc(C(=O)N(O)OC(=O)C(F)(F)F)cc2)C[C@@H]1C. The molecule has 0 aliphatic carbocycles. The molecule has 1 aromatic carbocycles. The molecule has 1 N–H and O–H groups in total. The summed E-state index contributed by atoms with van der Waals surface area (Å²) in [7, 11) is 0. The second-order valence-corrected chi connectivity index (χ2v) is 8.44. The number of carbonyl (C=O) groups is 3. The first kappa shape index (κ1) is 25.6. The highest BCUT2D eigenvalue weighted by atomic mass is 19.4. The van der Waals surface area contributed by atoms with Gasteiger partial charge in [0.15, 0.2) is 0 Å². The summed E-state index contributed by atoms with van der Waals surface area (Å²) >= 11 is 0. The van der Waals surface area contributed by atoms with Gasteiger partial charge in [-0.15, -0.1) is 0 Å². The van der Waals surface area contributed by atoms with Gasteiger partial charge in [-0.05, 0) is 42.7 Å².